The molecule has 0 bridgehead atoms. The summed E-state index contributed by atoms with van der Waals surface area (Å²) in [6, 6.07) is 20.5. The average Bonchev–Trinajstić information content (AvgIpc) is 3.64. The zero-order valence-electron chi connectivity index (χ0n) is 21.9. The van der Waals surface area contributed by atoms with Crippen molar-refractivity contribution in [1.82, 2.24) is 0 Å². The molecule has 3 saturated heterocycles. The van der Waals surface area contributed by atoms with Gasteiger partial charge in [0.25, 0.3) is 0 Å². The number of hydrogen-bond donors (Lipinski definition) is 0. The van der Waals surface area contributed by atoms with Crippen LogP contribution in [-0.4, -0.2) is 54.9 Å². The van der Waals surface area contributed by atoms with Gasteiger partial charge in [0.05, 0.1) is 6.61 Å². The number of fused-ring (bicyclic) bond motifs is 1. The number of ether oxygens (including phenoxy) is 6. The average molecular weight is 536 g/mol. The first-order chi connectivity index (χ1) is 18.2. The monoisotopic (exact) mass is 535 g/mol. The quantitative estimate of drug-likeness (QED) is 0.412. The summed E-state index contributed by atoms with van der Waals surface area (Å²) in [7, 11) is -0.972. The molecule has 5 atom stereocenters. The van der Waals surface area contributed by atoms with Crippen LogP contribution in [-0.2, 0) is 33.2 Å². The van der Waals surface area contributed by atoms with E-state index in [1.807, 2.05) is 83.4 Å². The largest absolute Gasteiger partial charge is 0.456 e. The van der Waals surface area contributed by atoms with Crippen LogP contribution in [0.25, 0.3) is 0 Å². The fraction of sp³-hybridized carbons (Fsp3) is 0.400. The molecule has 38 heavy (non-hydrogen) atoms. The van der Waals surface area contributed by atoms with E-state index in [2.05, 4.69) is 24.3 Å². The third kappa shape index (κ3) is 5.17. The first-order valence-corrected chi connectivity index (χ1v) is 14.2. The summed E-state index contributed by atoms with van der Waals surface area (Å²) >= 11 is 0. The van der Waals surface area contributed by atoms with E-state index in [0.717, 1.165) is 16.3 Å². The summed E-state index contributed by atoms with van der Waals surface area (Å²) in [5, 5.41) is 2.31. The van der Waals surface area contributed by atoms with Crippen molar-refractivity contribution >= 4 is 24.5 Å². The van der Waals surface area contributed by atoms with Crippen LogP contribution < -0.4 is 10.6 Å². The van der Waals surface area contributed by atoms with Crippen molar-refractivity contribution in [3.63, 3.8) is 0 Å². The molecule has 1 saturated carbocycles. The van der Waals surface area contributed by atoms with Crippen LogP contribution in [0, 0.1) is 30.8 Å². The molecule has 0 N–H and O–H groups in total. The molecule has 0 aromatic heterocycles. The molecule has 5 radical (unpaired) electrons. The van der Waals surface area contributed by atoms with Gasteiger partial charge in [-0.1, -0.05) is 60.7 Å². The van der Waals surface area contributed by atoms with Crippen LogP contribution >= 0.6 is 7.92 Å². The number of esters is 1. The lowest BCUT2D eigenvalue weighted by Gasteiger charge is -2.31. The van der Waals surface area contributed by atoms with Crippen molar-refractivity contribution < 1.29 is 33.2 Å². The van der Waals surface area contributed by atoms with Gasteiger partial charge < -0.3 is 28.4 Å². The number of hydrogen-bond acceptors (Lipinski definition) is 7. The summed E-state index contributed by atoms with van der Waals surface area (Å²) in [6.45, 7) is 7.67. The highest BCUT2D eigenvalue weighted by Gasteiger charge is 2.60. The van der Waals surface area contributed by atoms with E-state index in [-0.39, 0.29) is 0 Å². The van der Waals surface area contributed by atoms with Crippen LogP contribution in [0.15, 0.2) is 60.7 Å². The molecule has 1 aliphatic carbocycles. The number of rotatable bonds is 6. The normalized spacial score (nSPS) is 32.6. The Morgan fingerprint density at radius 3 is 2.11 bits per heavy atom. The maximum absolute atomic E-state index is 13.9. The minimum absolute atomic E-state index is 0.323. The summed E-state index contributed by atoms with van der Waals surface area (Å²) in [5.74, 6) is -1.48. The Hall–Kier alpha value is -1.86. The van der Waals surface area contributed by atoms with Gasteiger partial charge in [-0.15, -0.1) is 0 Å². The molecule has 7 nitrogen and oxygen atoms in total. The summed E-state index contributed by atoms with van der Waals surface area (Å²) in [4.78, 5) is 13.9. The second-order valence-corrected chi connectivity index (χ2v) is 12.8. The summed E-state index contributed by atoms with van der Waals surface area (Å²) in [5.41, 5.74) is 0.944. The Labute approximate surface area is 225 Å². The van der Waals surface area contributed by atoms with Crippen molar-refractivity contribution in [2.75, 3.05) is 6.61 Å². The molecular weight excluding hydrogens is 503 g/mol. The Kier molecular flexibility index (Phi) is 7.13. The highest BCUT2D eigenvalue weighted by Crippen LogP contribution is 2.56. The molecule has 199 valence electrons. The van der Waals surface area contributed by atoms with Crippen molar-refractivity contribution in [2.24, 2.45) is 0 Å². The molecule has 0 amide bonds. The first-order valence-electron chi connectivity index (χ1n) is 12.9. The minimum Gasteiger partial charge on any atom is -0.456 e. The fourth-order valence-corrected chi connectivity index (χ4v) is 7.80. The molecule has 2 aromatic rings. The molecule has 3 heterocycles. The zero-order valence-corrected chi connectivity index (χ0v) is 22.8. The van der Waals surface area contributed by atoms with Crippen LogP contribution in [0.2, 0.25) is 0 Å². The number of carbonyl (C=O) groups is 1. The fourth-order valence-electron chi connectivity index (χ4n) is 5.36. The molecule has 0 unspecified atom stereocenters. The van der Waals surface area contributed by atoms with E-state index in [0.29, 0.717) is 12.5 Å². The molecule has 3 aliphatic heterocycles. The second kappa shape index (κ2) is 10.3. The number of carbonyl (C=O) groups excluding carboxylic acids is 1. The van der Waals surface area contributed by atoms with Gasteiger partial charge in [-0.2, -0.15) is 0 Å². The molecule has 4 aliphatic rings. The van der Waals surface area contributed by atoms with E-state index in [9.17, 15) is 4.79 Å². The van der Waals surface area contributed by atoms with Crippen LogP contribution in [0.3, 0.4) is 0 Å². The van der Waals surface area contributed by atoms with Gasteiger partial charge in [0.1, 0.15) is 18.1 Å². The summed E-state index contributed by atoms with van der Waals surface area (Å²) in [6.07, 6.45) is 2.78. The number of benzene rings is 2. The highest BCUT2D eigenvalue weighted by molar-refractivity contribution is 7.76. The van der Waals surface area contributed by atoms with Crippen molar-refractivity contribution in [3.05, 3.63) is 91.5 Å². The van der Waals surface area contributed by atoms with E-state index in [1.165, 1.54) is 0 Å². The molecule has 0 spiro atoms. The van der Waals surface area contributed by atoms with E-state index in [4.69, 9.17) is 28.4 Å². The van der Waals surface area contributed by atoms with E-state index in [1.54, 1.807) is 0 Å². The lowest BCUT2D eigenvalue weighted by Crippen LogP contribution is -2.45. The predicted molar refractivity (Wildman–Crippen MR) is 142 cm³/mol. The Bertz CT molecular complexity index is 1080. The smallest absolute Gasteiger partial charge is 0.315 e. The molecule has 8 heteroatoms. The van der Waals surface area contributed by atoms with Gasteiger partial charge in [-0.05, 0) is 65.5 Å². The molecular formula is C30H32O7P. The van der Waals surface area contributed by atoms with Crippen molar-refractivity contribution in [1.29, 1.82) is 0 Å². The van der Waals surface area contributed by atoms with Crippen molar-refractivity contribution in [3.8, 4) is 0 Å². The second-order valence-electron chi connectivity index (χ2n) is 10.6. The topological polar surface area (TPSA) is 72.5 Å². The van der Waals surface area contributed by atoms with Gasteiger partial charge in [0, 0.05) is 5.66 Å². The van der Waals surface area contributed by atoms with Gasteiger partial charge in [-0.3, -0.25) is 4.79 Å². The molecule has 6 rings (SSSR count). The highest BCUT2D eigenvalue weighted by atomic mass is 31.1. The predicted octanol–water partition coefficient (Wildman–Crippen LogP) is 3.79. The Balaban J connectivity index is 1.26. The Morgan fingerprint density at radius 1 is 0.842 bits per heavy atom. The minimum atomic E-state index is -0.972. The lowest BCUT2D eigenvalue weighted by molar-refractivity contribution is -0.235. The first kappa shape index (κ1) is 26.4. The zero-order chi connectivity index (χ0) is 26.5. The van der Waals surface area contributed by atoms with Gasteiger partial charge in [-0.25, -0.2) is 0 Å². The third-order valence-electron chi connectivity index (χ3n) is 6.95. The van der Waals surface area contributed by atoms with Gasteiger partial charge in [0.2, 0.25) is 0 Å². The van der Waals surface area contributed by atoms with Gasteiger partial charge in [0.15, 0.2) is 30.1 Å². The lowest BCUT2D eigenvalue weighted by atomic mass is 10.0. The Morgan fingerprint density at radius 2 is 1.50 bits per heavy atom. The molecule has 2 aromatic carbocycles. The standard InChI is InChI=1S/C30H32O7P/c1-29(2)32-18-22(35-29)24-25(26-28(34-24)37-30(3,4)36-26)33-27(31)21-16-11-17-23(21)38(19-12-7-5-8-13-19)20-14-9-6-10-15-20/h5-17,22,24-26,28H,18H2,1-4H3/t22-,24-,25+,26-,28-/m1/s1. The third-order valence-corrected chi connectivity index (χ3v) is 9.45. The van der Waals surface area contributed by atoms with Crippen LogP contribution in [0.4, 0.5) is 0 Å². The SMILES string of the molecule is CC1(C)O[C@H]2O[C@H]([C@H]3COC(C)(C)O3)[C@H](OC(=O)[C]3[CH][CH][CH][C]3P(c3ccccc3)c3ccccc3)[C@H]2O1. The van der Waals surface area contributed by atoms with Crippen LogP contribution in [0.1, 0.15) is 27.7 Å². The maximum Gasteiger partial charge on any atom is 0.315 e. The molecule has 4 fully saturated rings. The van der Waals surface area contributed by atoms with E-state index >= 15 is 0 Å². The van der Waals surface area contributed by atoms with Gasteiger partial charge >= 0.3 is 5.97 Å². The van der Waals surface area contributed by atoms with E-state index < -0.39 is 56.2 Å². The van der Waals surface area contributed by atoms with Crippen LogP contribution in [0.5, 0.6) is 0 Å². The summed E-state index contributed by atoms with van der Waals surface area (Å²) < 4.78 is 36.4. The maximum atomic E-state index is 13.9. The van der Waals surface area contributed by atoms with Crippen molar-refractivity contribution in [2.45, 2.75) is 70.0 Å².